The number of nitrogens with zero attached hydrogens (tertiary/aromatic N) is 2. The van der Waals surface area contributed by atoms with Crippen LogP contribution in [-0.2, 0) is 6.54 Å². The number of thiazole rings is 1. The lowest BCUT2D eigenvalue weighted by atomic mass is 10.2. The van der Waals surface area contributed by atoms with Crippen molar-refractivity contribution in [3.8, 4) is 0 Å². The summed E-state index contributed by atoms with van der Waals surface area (Å²) in [4.78, 5) is 20.2. The van der Waals surface area contributed by atoms with E-state index < -0.39 is 0 Å². The molecule has 0 aromatic carbocycles. The van der Waals surface area contributed by atoms with Gasteiger partial charge < -0.3 is 11.1 Å². The highest BCUT2D eigenvalue weighted by Gasteiger charge is 2.08. The summed E-state index contributed by atoms with van der Waals surface area (Å²) < 4.78 is 0. The molecule has 0 aliphatic carbocycles. The van der Waals surface area contributed by atoms with E-state index in [9.17, 15) is 4.79 Å². The Hall–Kier alpha value is -1.95. The Kier molecular flexibility index (Phi) is 3.57. The van der Waals surface area contributed by atoms with E-state index in [1.165, 1.54) is 0 Å². The van der Waals surface area contributed by atoms with Crippen LogP contribution in [0.5, 0.6) is 0 Å². The third kappa shape index (κ3) is 3.04. The molecule has 2 rings (SSSR count). The Bertz CT molecular complexity index is 559. The average molecular weight is 262 g/mol. The molecule has 0 saturated heterocycles. The standard InChI is InChI=1S/C12H14N4OS/c1-7-3-9(4-11(13)15-7)12(17)14-5-10-6-18-8(2)16-10/h3-4,6H,5H2,1-2H3,(H2,13,15)(H,14,17). The van der Waals surface area contributed by atoms with E-state index in [4.69, 9.17) is 5.73 Å². The third-order valence-electron chi connectivity index (χ3n) is 2.33. The van der Waals surface area contributed by atoms with Gasteiger partial charge in [-0.2, -0.15) is 0 Å². The van der Waals surface area contributed by atoms with Crippen molar-refractivity contribution < 1.29 is 4.79 Å². The van der Waals surface area contributed by atoms with E-state index in [0.717, 1.165) is 16.4 Å². The van der Waals surface area contributed by atoms with Crippen molar-refractivity contribution in [2.24, 2.45) is 0 Å². The van der Waals surface area contributed by atoms with Crippen LogP contribution in [0.15, 0.2) is 17.5 Å². The van der Waals surface area contributed by atoms with E-state index in [1.54, 1.807) is 30.4 Å². The van der Waals surface area contributed by atoms with Gasteiger partial charge in [-0.05, 0) is 26.0 Å². The summed E-state index contributed by atoms with van der Waals surface area (Å²) in [6.45, 7) is 4.16. The van der Waals surface area contributed by atoms with Crippen LogP contribution in [0.25, 0.3) is 0 Å². The third-order valence-corrected chi connectivity index (χ3v) is 3.15. The maximum absolute atomic E-state index is 11.9. The van der Waals surface area contributed by atoms with Gasteiger partial charge in [0.25, 0.3) is 5.91 Å². The zero-order valence-electron chi connectivity index (χ0n) is 10.2. The molecule has 0 aliphatic rings. The largest absolute Gasteiger partial charge is 0.384 e. The Morgan fingerprint density at radius 2 is 2.17 bits per heavy atom. The molecule has 5 nitrogen and oxygen atoms in total. The van der Waals surface area contributed by atoms with E-state index in [1.807, 2.05) is 12.3 Å². The second-order valence-corrected chi connectivity index (χ2v) is 5.02. The minimum atomic E-state index is -0.169. The quantitative estimate of drug-likeness (QED) is 0.881. The second-order valence-electron chi connectivity index (χ2n) is 3.96. The molecule has 2 heterocycles. The molecule has 2 aromatic rings. The van der Waals surface area contributed by atoms with Crippen LogP contribution in [0.3, 0.4) is 0 Å². The number of hydrogen-bond donors (Lipinski definition) is 2. The molecule has 18 heavy (non-hydrogen) atoms. The van der Waals surface area contributed by atoms with Crippen LogP contribution in [0, 0.1) is 13.8 Å². The minimum Gasteiger partial charge on any atom is -0.384 e. The molecular formula is C12H14N4OS. The molecule has 0 saturated carbocycles. The van der Waals surface area contributed by atoms with Crippen molar-refractivity contribution >= 4 is 23.1 Å². The van der Waals surface area contributed by atoms with Crippen molar-refractivity contribution in [1.82, 2.24) is 15.3 Å². The van der Waals surface area contributed by atoms with Crippen molar-refractivity contribution in [1.29, 1.82) is 0 Å². The predicted molar refractivity (Wildman–Crippen MR) is 71.4 cm³/mol. The summed E-state index contributed by atoms with van der Waals surface area (Å²) in [7, 11) is 0. The van der Waals surface area contributed by atoms with Crippen LogP contribution in [0.4, 0.5) is 5.82 Å². The molecule has 6 heteroatoms. The number of carbonyl (C=O) groups excluding carboxylic acids is 1. The molecule has 0 aliphatic heterocycles. The lowest BCUT2D eigenvalue weighted by Crippen LogP contribution is -2.23. The lowest BCUT2D eigenvalue weighted by molar-refractivity contribution is 0.0950. The summed E-state index contributed by atoms with van der Waals surface area (Å²) in [5.74, 6) is 0.183. The van der Waals surface area contributed by atoms with E-state index in [-0.39, 0.29) is 5.91 Å². The zero-order valence-corrected chi connectivity index (χ0v) is 11.0. The number of hydrogen-bond acceptors (Lipinski definition) is 5. The van der Waals surface area contributed by atoms with Crippen molar-refractivity contribution in [3.05, 3.63) is 39.5 Å². The monoisotopic (exact) mass is 262 g/mol. The number of pyridine rings is 1. The van der Waals surface area contributed by atoms with Crippen molar-refractivity contribution in [2.75, 3.05) is 5.73 Å². The molecule has 3 N–H and O–H groups in total. The molecule has 0 fully saturated rings. The summed E-state index contributed by atoms with van der Waals surface area (Å²) >= 11 is 1.56. The minimum absolute atomic E-state index is 0.169. The van der Waals surface area contributed by atoms with Crippen LogP contribution in [0.1, 0.15) is 26.8 Å². The molecular weight excluding hydrogens is 248 g/mol. The van der Waals surface area contributed by atoms with Crippen molar-refractivity contribution in [3.63, 3.8) is 0 Å². The highest BCUT2D eigenvalue weighted by atomic mass is 32.1. The number of carbonyl (C=O) groups is 1. The van der Waals surface area contributed by atoms with E-state index in [2.05, 4.69) is 15.3 Å². The number of aryl methyl sites for hydroxylation is 2. The van der Waals surface area contributed by atoms with Crippen molar-refractivity contribution in [2.45, 2.75) is 20.4 Å². The number of aromatic nitrogens is 2. The first-order chi connectivity index (χ1) is 8.54. The Morgan fingerprint density at radius 1 is 1.39 bits per heavy atom. The molecule has 0 bridgehead atoms. The average Bonchev–Trinajstić information content (AvgIpc) is 2.70. The molecule has 0 atom stereocenters. The summed E-state index contributed by atoms with van der Waals surface area (Å²) in [6, 6.07) is 3.27. The smallest absolute Gasteiger partial charge is 0.251 e. The highest BCUT2D eigenvalue weighted by Crippen LogP contribution is 2.09. The van der Waals surface area contributed by atoms with Gasteiger partial charge in [-0.25, -0.2) is 9.97 Å². The molecule has 0 unspecified atom stereocenters. The van der Waals surface area contributed by atoms with Crippen LogP contribution in [0.2, 0.25) is 0 Å². The number of nitrogens with one attached hydrogen (secondary N) is 1. The predicted octanol–water partition coefficient (Wildman–Crippen LogP) is 1.67. The molecule has 94 valence electrons. The molecule has 0 radical (unpaired) electrons. The highest BCUT2D eigenvalue weighted by molar-refractivity contribution is 7.09. The molecule has 1 amide bonds. The first-order valence-electron chi connectivity index (χ1n) is 5.48. The molecule has 2 aromatic heterocycles. The van der Waals surface area contributed by atoms with Gasteiger partial charge in [-0.3, -0.25) is 4.79 Å². The lowest BCUT2D eigenvalue weighted by Gasteiger charge is -2.05. The van der Waals surface area contributed by atoms with Crippen LogP contribution < -0.4 is 11.1 Å². The Labute approximate surface area is 109 Å². The number of amides is 1. The van der Waals surface area contributed by atoms with E-state index in [0.29, 0.717) is 17.9 Å². The SMILES string of the molecule is Cc1cc(C(=O)NCc2csc(C)n2)cc(N)n1. The number of nitrogens with two attached hydrogens (primary N) is 1. The van der Waals surface area contributed by atoms with Gasteiger partial charge >= 0.3 is 0 Å². The fourth-order valence-electron chi connectivity index (χ4n) is 1.59. The number of rotatable bonds is 3. The van der Waals surface area contributed by atoms with Gasteiger partial charge in [0.1, 0.15) is 5.82 Å². The fourth-order valence-corrected chi connectivity index (χ4v) is 2.20. The summed E-state index contributed by atoms with van der Waals surface area (Å²) in [6.07, 6.45) is 0. The number of nitrogen functional groups attached to an aromatic ring is 1. The summed E-state index contributed by atoms with van der Waals surface area (Å²) in [5, 5.41) is 5.73. The van der Waals surface area contributed by atoms with Gasteiger partial charge in [0.2, 0.25) is 0 Å². The maximum Gasteiger partial charge on any atom is 0.251 e. The zero-order chi connectivity index (χ0) is 13.1. The Morgan fingerprint density at radius 3 is 2.78 bits per heavy atom. The first kappa shape index (κ1) is 12.5. The van der Waals surface area contributed by atoms with E-state index >= 15 is 0 Å². The van der Waals surface area contributed by atoms with Gasteiger partial charge in [0.15, 0.2) is 0 Å². The Balaban J connectivity index is 2.03. The summed E-state index contributed by atoms with van der Waals surface area (Å²) in [5.41, 5.74) is 7.72. The fraction of sp³-hybridized carbons (Fsp3) is 0.250. The van der Waals surface area contributed by atoms with Crippen LogP contribution in [-0.4, -0.2) is 15.9 Å². The van der Waals surface area contributed by atoms with Crippen LogP contribution >= 0.6 is 11.3 Å². The molecule has 0 spiro atoms. The van der Waals surface area contributed by atoms with Gasteiger partial charge in [-0.15, -0.1) is 11.3 Å². The van der Waals surface area contributed by atoms with Gasteiger partial charge in [0, 0.05) is 16.6 Å². The van der Waals surface area contributed by atoms with Gasteiger partial charge in [-0.1, -0.05) is 0 Å². The van der Waals surface area contributed by atoms with Gasteiger partial charge in [0.05, 0.1) is 17.2 Å². The topological polar surface area (TPSA) is 80.9 Å². The maximum atomic E-state index is 11.9. The second kappa shape index (κ2) is 5.14. The normalized spacial score (nSPS) is 10.3. The first-order valence-corrected chi connectivity index (χ1v) is 6.36. The number of anilines is 1.